The van der Waals surface area contributed by atoms with Crippen molar-refractivity contribution in [2.75, 3.05) is 30.0 Å². The van der Waals surface area contributed by atoms with E-state index < -0.39 is 10.9 Å². The normalized spacial score (nSPS) is 12.9. The van der Waals surface area contributed by atoms with Crippen molar-refractivity contribution >= 4 is 45.4 Å². The molecule has 1 aromatic heterocycles. The number of amides is 1. The third-order valence-electron chi connectivity index (χ3n) is 5.58. The van der Waals surface area contributed by atoms with Gasteiger partial charge in [0.2, 0.25) is 5.91 Å². The number of nitro groups is 1. The molecule has 0 radical (unpaired) electrons. The Morgan fingerprint density at radius 3 is 2.63 bits per heavy atom. The number of rotatable bonds is 8. The number of nitrogens with zero attached hydrogens (tertiary/aromatic N) is 4. The number of esters is 1. The topological polar surface area (TPSA) is 115 Å². The van der Waals surface area contributed by atoms with Crippen LogP contribution in [-0.4, -0.2) is 42.0 Å². The molecule has 2 heterocycles. The number of thiazole rings is 1. The van der Waals surface area contributed by atoms with Crippen LogP contribution in [0.2, 0.25) is 0 Å². The maximum atomic E-state index is 12.9. The first-order valence-corrected chi connectivity index (χ1v) is 11.9. The van der Waals surface area contributed by atoms with Crippen molar-refractivity contribution in [3.8, 4) is 5.75 Å². The van der Waals surface area contributed by atoms with E-state index in [1.165, 1.54) is 42.4 Å². The van der Waals surface area contributed by atoms with Gasteiger partial charge in [0.1, 0.15) is 12.4 Å². The van der Waals surface area contributed by atoms with Gasteiger partial charge in [0, 0.05) is 37.5 Å². The molecule has 0 bridgehead atoms. The zero-order valence-electron chi connectivity index (χ0n) is 19.3. The first-order valence-electron chi connectivity index (χ1n) is 11.0. The molecule has 35 heavy (non-hydrogen) atoms. The fourth-order valence-corrected chi connectivity index (χ4v) is 4.80. The molecule has 4 rings (SSSR count). The minimum atomic E-state index is -0.668. The fourth-order valence-electron chi connectivity index (χ4n) is 3.94. The summed E-state index contributed by atoms with van der Waals surface area (Å²) in [5, 5.41) is 13.4. The van der Waals surface area contributed by atoms with Gasteiger partial charge >= 0.3 is 5.97 Å². The highest BCUT2D eigenvalue weighted by Gasteiger charge is 2.25. The van der Waals surface area contributed by atoms with E-state index in [1.807, 2.05) is 4.90 Å². The van der Waals surface area contributed by atoms with Gasteiger partial charge in [0.05, 0.1) is 34.7 Å². The summed E-state index contributed by atoms with van der Waals surface area (Å²) in [5.74, 6) is -0.400. The number of ether oxygens (including phenoxy) is 2. The van der Waals surface area contributed by atoms with Gasteiger partial charge in [0.15, 0.2) is 5.13 Å². The van der Waals surface area contributed by atoms with Crippen LogP contribution in [0.15, 0.2) is 47.8 Å². The van der Waals surface area contributed by atoms with Crippen molar-refractivity contribution in [1.29, 1.82) is 0 Å². The zero-order valence-corrected chi connectivity index (χ0v) is 20.1. The number of carbonyl (C=O) groups is 2. The van der Waals surface area contributed by atoms with Crippen molar-refractivity contribution in [2.24, 2.45) is 0 Å². The Balaban J connectivity index is 1.54. The lowest BCUT2D eigenvalue weighted by molar-refractivity contribution is -0.384. The lowest BCUT2D eigenvalue weighted by Crippen LogP contribution is -2.23. The van der Waals surface area contributed by atoms with Crippen molar-refractivity contribution in [3.05, 3.63) is 69.2 Å². The van der Waals surface area contributed by atoms with Crippen LogP contribution < -0.4 is 14.5 Å². The average molecular weight is 497 g/mol. The summed E-state index contributed by atoms with van der Waals surface area (Å²) in [5.41, 5.74) is 1.59. The molecule has 3 aromatic rings. The molecule has 182 valence electrons. The van der Waals surface area contributed by atoms with Crippen LogP contribution >= 0.6 is 11.3 Å². The molecule has 10 nitrogen and oxygen atoms in total. The third kappa shape index (κ3) is 5.24. The average Bonchev–Trinajstić information content (AvgIpc) is 3.55. The summed E-state index contributed by atoms with van der Waals surface area (Å²) in [4.78, 5) is 44.0. The summed E-state index contributed by atoms with van der Waals surface area (Å²) < 4.78 is 10.9. The molecule has 0 atom stereocenters. The van der Waals surface area contributed by atoms with E-state index in [9.17, 15) is 19.7 Å². The second kappa shape index (κ2) is 10.5. The molecule has 0 unspecified atom stereocenters. The van der Waals surface area contributed by atoms with E-state index in [0.29, 0.717) is 27.9 Å². The van der Waals surface area contributed by atoms with Crippen LogP contribution in [0.25, 0.3) is 0 Å². The lowest BCUT2D eigenvalue weighted by Gasteiger charge is -2.20. The summed E-state index contributed by atoms with van der Waals surface area (Å²) in [6.07, 6.45) is 1.98. The predicted molar refractivity (Wildman–Crippen MR) is 132 cm³/mol. The Labute approximate surface area is 205 Å². The molecular formula is C24H24N4O6S. The van der Waals surface area contributed by atoms with E-state index in [4.69, 9.17) is 9.47 Å². The van der Waals surface area contributed by atoms with E-state index in [1.54, 1.807) is 35.7 Å². The number of para-hydroxylation sites is 2. The molecule has 0 N–H and O–H groups in total. The highest BCUT2D eigenvalue weighted by atomic mass is 32.1. The Morgan fingerprint density at radius 1 is 1.20 bits per heavy atom. The number of methoxy groups -OCH3 is 1. The van der Waals surface area contributed by atoms with Gasteiger partial charge in [-0.3, -0.25) is 19.8 Å². The van der Waals surface area contributed by atoms with Gasteiger partial charge in [-0.05, 0) is 31.0 Å². The number of non-ortho nitro benzene ring substituents is 1. The van der Waals surface area contributed by atoms with Crippen molar-refractivity contribution in [1.82, 2.24) is 4.98 Å². The van der Waals surface area contributed by atoms with E-state index in [0.717, 1.165) is 25.9 Å². The molecule has 1 aliphatic heterocycles. The second-order valence-corrected chi connectivity index (χ2v) is 8.71. The number of anilines is 3. The molecule has 1 aliphatic rings. The number of carbonyl (C=O) groups excluding carboxylic acids is 2. The van der Waals surface area contributed by atoms with Crippen molar-refractivity contribution < 1.29 is 24.0 Å². The number of nitro benzene ring substituents is 1. The maximum absolute atomic E-state index is 12.9. The predicted octanol–water partition coefficient (Wildman–Crippen LogP) is 4.70. The molecule has 11 heteroatoms. The van der Waals surface area contributed by atoms with Crippen molar-refractivity contribution in [2.45, 2.75) is 26.4 Å². The van der Waals surface area contributed by atoms with Gasteiger partial charge in [-0.15, -0.1) is 11.3 Å². The van der Waals surface area contributed by atoms with Gasteiger partial charge in [0.25, 0.3) is 5.69 Å². The van der Waals surface area contributed by atoms with Crippen LogP contribution in [0.4, 0.5) is 22.2 Å². The Hall–Kier alpha value is -3.99. The zero-order chi connectivity index (χ0) is 24.9. The van der Waals surface area contributed by atoms with E-state index >= 15 is 0 Å². The Morgan fingerprint density at radius 2 is 1.94 bits per heavy atom. The number of benzene rings is 2. The highest BCUT2D eigenvalue weighted by molar-refractivity contribution is 7.14. The fraction of sp³-hybridized carbons (Fsp3) is 0.292. The monoisotopic (exact) mass is 496 g/mol. The quantitative estimate of drug-likeness (QED) is 0.250. The first-order chi connectivity index (χ1) is 16.9. The minimum Gasteiger partial charge on any atom is -0.495 e. The molecule has 1 saturated heterocycles. The second-order valence-electron chi connectivity index (χ2n) is 7.88. The van der Waals surface area contributed by atoms with Crippen molar-refractivity contribution in [3.63, 3.8) is 0 Å². The van der Waals surface area contributed by atoms with Crippen LogP contribution in [0.1, 0.15) is 35.8 Å². The highest BCUT2D eigenvalue weighted by Crippen LogP contribution is 2.35. The standard InChI is InChI=1S/C24H24N4O6S/c1-16(29)27(21-7-3-4-8-22(21)33-2)24-25-17(15-35-24)14-34-23(30)19-13-18(28(31)32)9-10-20(19)26-11-5-6-12-26/h3-4,7-10,13,15H,5-6,11-12,14H2,1-2H3. The van der Waals surface area contributed by atoms with Gasteiger partial charge in [-0.25, -0.2) is 9.78 Å². The summed E-state index contributed by atoms with van der Waals surface area (Å²) in [6, 6.07) is 11.3. The summed E-state index contributed by atoms with van der Waals surface area (Å²) in [6.45, 7) is 2.83. The van der Waals surface area contributed by atoms with Gasteiger partial charge in [-0.2, -0.15) is 0 Å². The van der Waals surface area contributed by atoms with Gasteiger partial charge < -0.3 is 14.4 Å². The van der Waals surface area contributed by atoms with Crippen LogP contribution in [-0.2, 0) is 16.1 Å². The van der Waals surface area contributed by atoms with Crippen LogP contribution in [0, 0.1) is 10.1 Å². The Kier molecular flexibility index (Phi) is 7.25. The molecule has 1 amide bonds. The molecule has 0 saturated carbocycles. The van der Waals surface area contributed by atoms with Crippen LogP contribution in [0.5, 0.6) is 5.75 Å². The SMILES string of the molecule is COc1ccccc1N(C(C)=O)c1nc(COC(=O)c2cc([N+](=O)[O-])ccc2N2CCCC2)cs1. The van der Waals surface area contributed by atoms with Gasteiger partial charge in [-0.1, -0.05) is 12.1 Å². The third-order valence-corrected chi connectivity index (χ3v) is 6.46. The smallest absolute Gasteiger partial charge is 0.340 e. The molecule has 1 fully saturated rings. The molecule has 0 spiro atoms. The number of aromatic nitrogens is 1. The molecule has 0 aliphatic carbocycles. The summed E-state index contributed by atoms with van der Waals surface area (Å²) in [7, 11) is 1.52. The van der Waals surface area contributed by atoms with E-state index in [2.05, 4.69) is 4.98 Å². The maximum Gasteiger partial charge on any atom is 0.340 e. The summed E-state index contributed by atoms with van der Waals surface area (Å²) >= 11 is 1.23. The first kappa shape index (κ1) is 24.1. The molecule has 2 aromatic carbocycles. The Bertz CT molecular complexity index is 1250. The van der Waals surface area contributed by atoms with E-state index in [-0.39, 0.29) is 23.8 Å². The van der Waals surface area contributed by atoms with Crippen LogP contribution in [0.3, 0.4) is 0 Å². The molecular weight excluding hydrogens is 472 g/mol. The minimum absolute atomic E-state index is 0.144. The number of hydrogen-bond donors (Lipinski definition) is 0. The largest absolute Gasteiger partial charge is 0.495 e. The number of hydrogen-bond acceptors (Lipinski definition) is 9. The lowest BCUT2D eigenvalue weighted by atomic mass is 10.1.